The van der Waals surface area contributed by atoms with Crippen molar-refractivity contribution in [2.75, 3.05) is 6.61 Å². The van der Waals surface area contributed by atoms with Crippen molar-refractivity contribution in [3.63, 3.8) is 0 Å². The highest BCUT2D eigenvalue weighted by Gasteiger charge is 2.71. The van der Waals surface area contributed by atoms with E-state index in [1.807, 2.05) is 0 Å². The quantitative estimate of drug-likeness (QED) is 0.807. The highest BCUT2D eigenvalue weighted by atomic mass is 16.5. The summed E-state index contributed by atoms with van der Waals surface area (Å²) in [7, 11) is 0. The molecular weight excluding hydrogens is 264 g/mol. The largest absolute Gasteiger partial charge is 0.377 e. The van der Waals surface area contributed by atoms with E-state index in [1.54, 1.807) is 0 Å². The number of fused-ring (bicyclic) bond motifs is 1. The van der Waals surface area contributed by atoms with Gasteiger partial charge in [0.05, 0.1) is 6.10 Å². The molecule has 0 aromatic carbocycles. The molecule has 0 spiro atoms. The number of ether oxygens (including phenoxy) is 1. The van der Waals surface area contributed by atoms with E-state index in [2.05, 4.69) is 32.6 Å². The summed E-state index contributed by atoms with van der Waals surface area (Å²) in [5, 5.41) is 0. The number of carbonyl (C=O) groups excluding carboxylic acids is 1. The average molecular weight is 294 g/mol. The van der Waals surface area contributed by atoms with Crippen LogP contribution in [0, 0.1) is 11.3 Å². The van der Waals surface area contributed by atoms with Gasteiger partial charge >= 0.3 is 0 Å². The lowest BCUT2D eigenvalue weighted by atomic mass is 9.46. The van der Waals surface area contributed by atoms with Crippen LogP contribution in [0.5, 0.6) is 0 Å². The first-order chi connectivity index (χ1) is 9.81. The molecule has 3 rings (SSSR count). The number of nitrogens with zero attached hydrogens (tertiary/aromatic N) is 1. The average Bonchev–Trinajstić information content (AvgIpc) is 2.46. The zero-order valence-electron chi connectivity index (χ0n) is 13.9. The molecule has 1 aliphatic carbocycles. The minimum Gasteiger partial charge on any atom is -0.377 e. The Morgan fingerprint density at radius 3 is 2.38 bits per heavy atom. The molecule has 21 heavy (non-hydrogen) atoms. The van der Waals surface area contributed by atoms with Gasteiger partial charge in [-0.05, 0) is 46.0 Å². The van der Waals surface area contributed by atoms with Crippen LogP contribution in [0.3, 0.4) is 0 Å². The molecule has 1 amide bonds. The second-order valence-electron chi connectivity index (χ2n) is 7.97. The van der Waals surface area contributed by atoms with Gasteiger partial charge in [0.25, 0.3) is 0 Å². The first-order valence-electron chi connectivity index (χ1n) is 8.55. The third kappa shape index (κ3) is 1.91. The fraction of sp³-hybridized carbons (Fsp3) is 0.941. The highest BCUT2D eigenvalue weighted by molar-refractivity contribution is 5.90. The van der Waals surface area contributed by atoms with Crippen molar-refractivity contribution >= 4 is 5.91 Å². The zero-order valence-corrected chi connectivity index (χ0v) is 13.9. The smallest absolute Gasteiger partial charge is 0.244 e. The molecule has 1 saturated carbocycles. The Labute approximate surface area is 128 Å². The minimum absolute atomic E-state index is 0.149. The maximum atomic E-state index is 13.3. The molecule has 2 N–H and O–H groups in total. The molecule has 2 saturated heterocycles. The molecule has 4 nitrogen and oxygen atoms in total. The van der Waals surface area contributed by atoms with Gasteiger partial charge in [-0.3, -0.25) is 4.79 Å². The van der Waals surface area contributed by atoms with Crippen LogP contribution in [0.1, 0.15) is 59.8 Å². The summed E-state index contributed by atoms with van der Waals surface area (Å²) in [6.45, 7) is 9.35. The Morgan fingerprint density at radius 1 is 1.14 bits per heavy atom. The molecule has 3 aliphatic rings. The SMILES string of the molecule is CC1CCCC(C)N1C(=O)C1(N)C2CCCOC2C1(C)C. The Kier molecular flexibility index (Phi) is 3.61. The van der Waals surface area contributed by atoms with E-state index in [0.717, 1.165) is 32.3 Å². The van der Waals surface area contributed by atoms with Crippen molar-refractivity contribution < 1.29 is 9.53 Å². The molecule has 5 atom stereocenters. The number of hydrogen-bond acceptors (Lipinski definition) is 3. The lowest BCUT2D eigenvalue weighted by Crippen LogP contribution is -2.83. The number of rotatable bonds is 1. The normalized spacial score (nSPS) is 45.7. The van der Waals surface area contributed by atoms with Crippen LogP contribution in [-0.4, -0.2) is 41.1 Å². The first kappa shape index (κ1) is 15.3. The highest BCUT2D eigenvalue weighted by Crippen LogP contribution is 2.58. The maximum Gasteiger partial charge on any atom is 0.244 e. The number of nitrogens with two attached hydrogens (primary N) is 1. The molecule has 0 bridgehead atoms. The second-order valence-corrected chi connectivity index (χ2v) is 7.97. The molecule has 2 heterocycles. The van der Waals surface area contributed by atoms with Crippen molar-refractivity contribution in [1.29, 1.82) is 0 Å². The maximum absolute atomic E-state index is 13.3. The van der Waals surface area contributed by atoms with Gasteiger partial charge in [0, 0.05) is 30.0 Å². The van der Waals surface area contributed by atoms with Gasteiger partial charge in [-0.15, -0.1) is 0 Å². The number of amides is 1. The number of likely N-dealkylation sites (tertiary alicyclic amines) is 1. The predicted molar refractivity (Wildman–Crippen MR) is 82.8 cm³/mol. The molecule has 0 aromatic rings. The van der Waals surface area contributed by atoms with E-state index < -0.39 is 5.54 Å². The Bertz CT molecular complexity index is 427. The lowest BCUT2D eigenvalue weighted by Gasteiger charge is -2.66. The van der Waals surface area contributed by atoms with Gasteiger partial charge in [-0.25, -0.2) is 0 Å². The summed E-state index contributed by atoms with van der Waals surface area (Å²) in [5.74, 6) is 0.356. The Hall–Kier alpha value is -0.610. The van der Waals surface area contributed by atoms with E-state index in [4.69, 9.17) is 10.5 Å². The zero-order chi connectivity index (χ0) is 15.4. The van der Waals surface area contributed by atoms with E-state index in [1.165, 1.54) is 6.42 Å². The van der Waals surface area contributed by atoms with Crippen LogP contribution in [0.15, 0.2) is 0 Å². The van der Waals surface area contributed by atoms with Crippen molar-refractivity contribution in [2.24, 2.45) is 17.1 Å². The summed E-state index contributed by atoms with van der Waals surface area (Å²) >= 11 is 0. The van der Waals surface area contributed by atoms with Crippen LogP contribution in [0.25, 0.3) is 0 Å². The van der Waals surface area contributed by atoms with Crippen LogP contribution >= 0.6 is 0 Å². The van der Waals surface area contributed by atoms with E-state index in [9.17, 15) is 4.79 Å². The van der Waals surface area contributed by atoms with Gasteiger partial charge in [0.1, 0.15) is 5.54 Å². The van der Waals surface area contributed by atoms with Crippen LogP contribution in [-0.2, 0) is 9.53 Å². The van der Waals surface area contributed by atoms with E-state index >= 15 is 0 Å². The van der Waals surface area contributed by atoms with Gasteiger partial charge in [0.15, 0.2) is 0 Å². The number of carbonyl (C=O) groups is 1. The summed E-state index contributed by atoms with van der Waals surface area (Å²) in [4.78, 5) is 15.4. The van der Waals surface area contributed by atoms with Gasteiger partial charge in [-0.2, -0.15) is 0 Å². The van der Waals surface area contributed by atoms with E-state index in [-0.39, 0.29) is 23.3 Å². The number of piperidine rings is 1. The predicted octanol–water partition coefficient (Wildman–Crippen LogP) is 2.31. The topological polar surface area (TPSA) is 55.6 Å². The van der Waals surface area contributed by atoms with Crippen molar-refractivity contribution in [3.8, 4) is 0 Å². The first-order valence-corrected chi connectivity index (χ1v) is 8.55. The van der Waals surface area contributed by atoms with Gasteiger partial charge in [0.2, 0.25) is 5.91 Å². The van der Waals surface area contributed by atoms with E-state index in [0.29, 0.717) is 12.1 Å². The summed E-state index contributed by atoms with van der Waals surface area (Å²) in [6, 6.07) is 0.613. The number of hydrogen-bond donors (Lipinski definition) is 1. The second kappa shape index (κ2) is 4.95. The Morgan fingerprint density at radius 2 is 1.76 bits per heavy atom. The van der Waals surface area contributed by atoms with Crippen LogP contribution in [0.4, 0.5) is 0 Å². The Balaban J connectivity index is 1.88. The van der Waals surface area contributed by atoms with Crippen LogP contribution in [0.2, 0.25) is 0 Å². The molecule has 5 unspecified atom stereocenters. The van der Waals surface area contributed by atoms with Crippen molar-refractivity contribution in [3.05, 3.63) is 0 Å². The molecule has 2 aliphatic heterocycles. The van der Waals surface area contributed by atoms with Crippen molar-refractivity contribution in [2.45, 2.75) is 83.5 Å². The van der Waals surface area contributed by atoms with Gasteiger partial charge < -0.3 is 15.4 Å². The van der Waals surface area contributed by atoms with Crippen molar-refractivity contribution in [1.82, 2.24) is 4.90 Å². The minimum atomic E-state index is -0.752. The lowest BCUT2D eigenvalue weighted by molar-refractivity contribution is -0.232. The van der Waals surface area contributed by atoms with Gasteiger partial charge in [-0.1, -0.05) is 13.8 Å². The monoisotopic (exact) mass is 294 g/mol. The molecule has 0 aromatic heterocycles. The summed E-state index contributed by atoms with van der Waals surface area (Å²) < 4.78 is 5.93. The third-order valence-corrected chi connectivity index (χ3v) is 6.47. The molecule has 3 fully saturated rings. The summed E-state index contributed by atoms with van der Waals surface area (Å²) in [6.07, 6.45) is 5.59. The van der Waals surface area contributed by atoms with Crippen LogP contribution < -0.4 is 5.73 Å². The fourth-order valence-corrected chi connectivity index (χ4v) is 5.05. The standard InChI is InChI=1S/C17H30N2O2/c1-11-7-5-8-12(2)19(11)15(20)17(18)13-9-6-10-21-14(13)16(17,3)4/h11-14H,5-10,18H2,1-4H3. The molecule has 120 valence electrons. The molecule has 0 radical (unpaired) electrons. The molecular formula is C17H30N2O2. The third-order valence-electron chi connectivity index (χ3n) is 6.47. The fourth-order valence-electron chi connectivity index (χ4n) is 5.05. The molecule has 4 heteroatoms. The summed E-state index contributed by atoms with van der Waals surface area (Å²) in [5.41, 5.74) is 5.74.